The number of aryl methyl sites for hydroxylation is 1. The molecule has 0 saturated carbocycles. The summed E-state index contributed by atoms with van der Waals surface area (Å²) in [5.41, 5.74) is 3.93. The fraction of sp³-hybridized carbons (Fsp3) is 0.182. The largest absolute Gasteiger partial charge is 0.462 e. The van der Waals surface area contributed by atoms with Crippen molar-refractivity contribution in [2.24, 2.45) is 0 Å². The summed E-state index contributed by atoms with van der Waals surface area (Å²) in [6.07, 6.45) is 0. The molecule has 2 aromatic carbocycles. The summed E-state index contributed by atoms with van der Waals surface area (Å²) < 4.78 is 5.22. The van der Waals surface area contributed by atoms with Crippen LogP contribution in [0, 0.1) is 6.92 Å². The van der Waals surface area contributed by atoms with Crippen molar-refractivity contribution in [3.63, 3.8) is 0 Å². The third-order valence-corrected chi connectivity index (χ3v) is 5.33. The molecule has 0 aliphatic heterocycles. The molecule has 0 aliphatic rings. The fourth-order valence-electron chi connectivity index (χ4n) is 2.72. The van der Waals surface area contributed by atoms with Crippen molar-refractivity contribution >= 4 is 45.5 Å². The zero-order valence-electron chi connectivity index (χ0n) is 16.1. The van der Waals surface area contributed by atoms with Gasteiger partial charge in [0.15, 0.2) is 0 Å². The van der Waals surface area contributed by atoms with E-state index in [0.717, 1.165) is 22.4 Å². The predicted octanol–water partition coefficient (Wildman–Crippen LogP) is 5.60. The molecule has 5 nitrogen and oxygen atoms in total. The minimum atomic E-state index is -0.453. The van der Waals surface area contributed by atoms with Crippen molar-refractivity contribution in [3.8, 4) is 11.1 Å². The minimum absolute atomic E-state index is 0.0572. The number of esters is 1. The molecule has 0 spiro atoms. The Balaban J connectivity index is 1.78. The molecule has 0 aliphatic carbocycles. The van der Waals surface area contributed by atoms with E-state index in [0.29, 0.717) is 15.6 Å². The molecule has 1 amide bonds. The lowest BCUT2D eigenvalue weighted by Crippen LogP contribution is -2.22. The molecular formula is C22H21ClN2O3S. The molecule has 7 heteroatoms. The fourth-order valence-corrected chi connectivity index (χ4v) is 3.82. The van der Waals surface area contributed by atoms with Gasteiger partial charge < -0.3 is 15.4 Å². The summed E-state index contributed by atoms with van der Waals surface area (Å²) in [5.74, 6) is -0.715. The number of carbonyl (C=O) groups is 2. The Hall–Kier alpha value is -2.83. The van der Waals surface area contributed by atoms with E-state index < -0.39 is 5.97 Å². The van der Waals surface area contributed by atoms with Crippen LogP contribution in [0.3, 0.4) is 0 Å². The van der Waals surface area contributed by atoms with Crippen molar-refractivity contribution in [2.45, 2.75) is 13.8 Å². The van der Waals surface area contributed by atoms with Crippen molar-refractivity contribution in [1.29, 1.82) is 0 Å². The number of thiophene rings is 1. The van der Waals surface area contributed by atoms with Gasteiger partial charge in [-0.15, -0.1) is 11.3 Å². The summed E-state index contributed by atoms with van der Waals surface area (Å²) >= 11 is 7.17. The van der Waals surface area contributed by atoms with Crippen molar-refractivity contribution < 1.29 is 14.3 Å². The third-order valence-electron chi connectivity index (χ3n) is 4.18. The maximum Gasteiger partial charge on any atom is 0.341 e. The summed E-state index contributed by atoms with van der Waals surface area (Å²) in [5, 5.41) is 8.81. The van der Waals surface area contributed by atoms with Crippen molar-refractivity contribution in [1.82, 2.24) is 0 Å². The molecule has 3 aromatic rings. The average molecular weight is 429 g/mol. The molecule has 0 saturated heterocycles. The number of amides is 1. The van der Waals surface area contributed by atoms with Crippen LogP contribution in [0.4, 0.5) is 10.7 Å². The molecule has 1 aromatic heterocycles. The Morgan fingerprint density at radius 2 is 1.76 bits per heavy atom. The summed E-state index contributed by atoms with van der Waals surface area (Å²) in [7, 11) is 0. The van der Waals surface area contributed by atoms with E-state index >= 15 is 0 Å². The van der Waals surface area contributed by atoms with Gasteiger partial charge in [-0.2, -0.15) is 0 Å². The quantitative estimate of drug-likeness (QED) is 0.480. The Kier molecular flexibility index (Phi) is 6.90. The minimum Gasteiger partial charge on any atom is -0.462 e. The summed E-state index contributed by atoms with van der Waals surface area (Å²) in [4.78, 5) is 25.0. The van der Waals surface area contributed by atoms with Crippen LogP contribution in [0.15, 0.2) is 53.9 Å². The topological polar surface area (TPSA) is 67.4 Å². The van der Waals surface area contributed by atoms with Gasteiger partial charge in [-0.05, 0) is 43.7 Å². The van der Waals surface area contributed by atoms with Crippen LogP contribution in [-0.2, 0) is 9.53 Å². The number of anilines is 2. The van der Waals surface area contributed by atoms with Gasteiger partial charge in [0.25, 0.3) is 0 Å². The van der Waals surface area contributed by atoms with Crippen LogP contribution in [0.5, 0.6) is 0 Å². The predicted molar refractivity (Wildman–Crippen MR) is 119 cm³/mol. The lowest BCUT2D eigenvalue weighted by atomic mass is 10.0. The molecule has 150 valence electrons. The van der Waals surface area contributed by atoms with Gasteiger partial charge in [0.05, 0.1) is 13.2 Å². The van der Waals surface area contributed by atoms with Crippen LogP contribution in [-0.4, -0.2) is 25.0 Å². The highest BCUT2D eigenvalue weighted by atomic mass is 35.5. The second-order valence-corrected chi connectivity index (χ2v) is 7.66. The zero-order valence-corrected chi connectivity index (χ0v) is 17.7. The van der Waals surface area contributed by atoms with Crippen molar-refractivity contribution in [2.75, 3.05) is 23.8 Å². The maximum atomic E-state index is 12.6. The number of hydrogen-bond donors (Lipinski definition) is 2. The molecule has 2 N–H and O–H groups in total. The summed E-state index contributed by atoms with van der Waals surface area (Å²) in [6.45, 7) is 4.07. The zero-order chi connectivity index (χ0) is 20.8. The van der Waals surface area contributed by atoms with Gasteiger partial charge >= 0.3 is 5.97 Å². The number of carbonyl (C=O) groups excluding carboxylic acids is 2. The number of hydrogen-bond acceptors (Lipinski definition) is 5. The molecule has 1 heterocycles. The van der Waals surface area contributed by atoms with Crippen LogP contribution in [0.25, 0.3) is 11.1 Å². The lowest BCUT2D eigenvalue weighted by molar-refractivity contribution is -0.114. The Morgan fingerprint density at radius 1 is 1.07 bits per heavy atom. The Bertz CT molecular complexity index is 998. The van der Waals surface area contributed by atoms with Gasteiger partial charge in [-0.3, -0.25) is 4.79 Å². The van der Waals surface area contributed by atoms with E-state index in [1.54, 1.807) is 31.2 Å². The van der Waals surface area contributed by atoms with Crippen LogP contribution in [0.2, 0.25) is 5.02 Å². The second kappa shape index (κ2) is 9.58. The number of ether oxygens (including phenoxy) is 1. The van der Waals surface area contributed by atoms with Gasteiger partial charge in [-0.1, -0.05) is 41.4 Å². The molecule has 0 bridgehead atoms. The number of halogens is 1. The molecular weight excluding hydrogens is 408 g/mol. The number of benzene rings is 2. The second-order valence-electron chi connectivity index (χ2n) is 6.35. The van der Waals surface area contributed by atoms with Gasteiger partial charge in [0, 0.05) is 21.7 Å². The first-order chi connectivity index (χ1) is 14.0. The average Bonchev–Trinajstić information content (AvgIpc) is 3.12. The highest BCUT2D eigenvalue weighted by molar-refractivity contribution is 7.15. The van der Waals surface area contributed by atoms with Crippen LogP contribution >= 0.6 is 22.9 Å². The number of nitrogens with one attached hydrogen (secondary N) is 2. The molecule has 0 radical (unpaired) electrons. The van der Waals surface area contributed by atoms with Gasteiger partial charge in [0.1, 0.15) is 10.6 Å². The first-order valence-corrected chi connectivity index (χ1v) is 10.4. The van der Waals surface area contributed by atoms with Crippen molar-refractivity contribution in [3.05, 3.63) is 70.1 Å². The van der Waals surface area contributed by atoms with E-state index in [2.05, 4.69) is 10.6 Å². The molecule has 0 atom stereocenters. The number of rotatable bonds is 7. The first-order valence-electron chi connectivity index (χ1n) is 9.13. The molecule has 29 heavy (non-hydrogen) atoms. The van der Waals surface area contributed by atoms with Crippen LogP contribution in [0.1, 0.15) is 22.8 Å². The van der Waals surface area contributed by atoms with E-state index in [4.69, 9.17) is 16.3 Å². The SMILES string of the molecule is CCOC(=O)c1c(-c2ccc(C)cc2)csc1NC(=O)CNc1ccc(Cl)cc1. The highest BCUT2D eigenvalue weighted by Gasteiger charge is 2.22. The Labute approximate surface area is 178 Å². The molecule has 0 unspecified atom stereocenters. The van der Waals surface area contributed by atoms with E-state index in [1.165, 1.54) is 11.3 Å². The van der Waals surface area contributed by atoms with E-state index in [9.17, 15) is 9.59 Å². The van der Waals surface area contributed by atoms with Gasteiger partial charge in [0.2, 0.25) is 5.91 Å². The monoisotopic (exact) mass is 428 g/mol. The standard InChI is InChI=1S/C22H21ClN2O3S/c1-3-28-22(27)20-18(15-6-4-14(2)5-7-15)13-29-21(20)25-19(26)12-24-17-10-8-16(23)9-11-17/h4-11,13,24H,3,12H2,1-2H3,(H,25,26). The smallest absolute Gasteiger partial charge is 0.341 e. The summed E-state index contributed by atoms with van der Waals surface area (Å²) in [6, 6.07) is 14.9. The van der Waals surface area contributed by atoms with E-state index in [1.807, 2.05) is 36.6 Å². The van der Waals surface area contributed by atoms with E-state index in [-0.39, 0.29) is 19.1 Å². The van der Waals surface area contributed by atoms with Crippen LogP contribution < -0.4 is 10.6 Å². The normalized spacial score (nSPS) is 10.4. The molecule has 0 fully saturated rings. The lowest BCUT2D eigenvalue weighted by Gasteiger charge is -2.10. The highest BCUT2D eigenvalue weighted by Crippen LogP contribution is 2.36. The van der Waals surface area contributed by atoms with Gasteiger partial charge in [-0.25, -0.2) is 4.79 Å². The maximum absolute atomic E-state index is 12.6. The third kappa shape index (κ3) is 5.37. The first kappa shape index (κ1) is 20.9. The molecule has 3 rings (SSSR count). The Morgan fingerprint density at radius 3 is 2.41 bits per heavy atom.